The number of nitrogens with zero attached hydrogens (tertiary/aromatic N) is 4. The predicted molar refractivity (Wildman–Crippen MR) is 133 cm³/mol. The third kappa shape index (κ3) is 4.60. The van der Waals surface area contributed by atoms with Crippen molar-refractivity contribution in [1.29, 1.82) is 0 Å². The zero-order chi connectivity index (χ0) is 25.2. The molecule has 1 saturated heterocycles. The Morgan fingerprint density at radius 3 is 2.25 bits per heavy atom. The van der Waals surface area contributed by atoms with E-state index in [0.29, 0.717) is 30.0 Å². The van der Waals surface area contributed by atoms with Crippen LogP contribution in [0.25, 0.3) is 0 Å². The van der Waals surface area contributed by atoms with Crippen molar-refractivity contribution in [3.63, 3.8) is 0 Å². The number of nitrogens with one attached hydrogen (secondary N) is 1. The summed E-state index contributed by atoms with van der Waals surface area (Å²) in [6.07, 6.45) is 1.60. The van der Waals surface area contributed by atoms with Crippen molar-refractivity contribution in [1.82, 2.24) is 19.7 Å². The lowest BCUT2D eigenvalue weighted by molar-refractivity contribution is 0.0636. The number of piperazine rings is 1. The molecule has 1 aromatic heterocycles. The van der Waals surface area contributed by atoms with Gasteiger partial charge in [-0.1, -0.05) is 6.07 Å². The summed E-state index contributed by atoms with van der Waals surface area (Å²) < 4.78 is 0. The Hall–Kier alpha value is -4.37. The highest BCUT2D eigenvalue weighted by molar-refractivity contribution is 6.22. The molecule has 4 amide bonds. The molecule has 1 N–H and O–H groups in total. The lowest BCUT2D eigenvalue weighted by Gasteiger charge is -2.32. The van der Waals surface area contributed by atoms with Gasteiger partial charge in [0.15, 0.2) is 0 Å². The van der Waals surface area contributed by atoms with Crippen LogP contribution in [0.4, 0.5) is 5.69 Å². The van der Waals surface area contributed by atoms with E-state index in [-0.39, 0.29) is 29.1 Å². The molecule has 9 nitrogen and oxygen atoms in total. The Balaban J connectivity index is 1.26. The number of hydrogen-bond acceptors (Lipinski definition) is 6. The van der Waals surface area contributed by atoms with Crippen LogP contribution in [0.3, 0.4) is 0 Å². The van der Waals surface area contributed by atoms with E-state index < -0.39 is 17.7 Å². The first-order valence-electron chi connectivity index (χ1n) is 11.7. The average molecular weight is 484 g/mol. The molecule has 3 heterocycles. The van der Waals surface area contributed by atoms with Crippen molar-refractivity contribution in [2.75, 3.05) is 38.5 Å². The maximum absolute atomic E-state index is 12.9. The van der Waals surface area contributed by atoms with E-state index in [0.717, 1.165) is 18.0 Å². The number of aromatic nitrogens is 1. The Bertz CT molecular complexity index is 1330. The first-order chi connectivity index (χ1) is 17.4. The number of amides is 4. The van der Waals surface area contributed by atoms with Crippen LogP contribution in [0.1, 0.15) is 47.1 Å². The number of imide groups is 1. The highest BCUT2D eigenvalue weighted by Gasteiger charge is 2.36. The van der Waals surface area contributed by atoms with Gasteiger partial charge >= 0.3 is 0 Å². The molecule has 2 aromatic carbocycles. The van der Waals surface area contributed by atoms with Crippen LogP contribution in [-0.4, -0.2) is 76.5 Å². The van der Waals surface area contributed by atoms with Crippen LogP contribution in [0.15, 0.2) is 66.9 Å². The second-order valence-electron chi connectivity index (χ2n) is 8.90. The maximum Gasteiger partial charge on any atom is 0.261 e. The molecule has 9 heteroatoms. The molecule has 0 unspecified atom stereocenters. The number of benzene rings is 2. The van der Waals surface area contributed by atoms with Gasteiger partial charge in [0.05, 0.1) is 23.4 Å². The Labute approximate surface area is 208 Å². The van der Waals surface area contributed by atoms with Crippen LogP contribution in [0.5, 0.6) is 0 Å². The molecule has 0 saturated carbocycles. The van der Waals surface area contributed by atoms with Crippen LogP contribution in [0.2, 0.25) is 0 Å². The van der Waals surface area contributed by atoms with Crippen molar-refractivity contribution in [3.8, 4) is 0 Å². The number of carbonyl (C=O) groups is 4. The minimum atomic E-state index is -0.456. The highest BCUT2D eigenvalue weighted by atomic mass is 16.2. The van der Waals surface area contributed by atoms with Crippen LogP contribution in [0, 0.1) is 0 Å². The average Bonchev–Trinajstić information content (AvgIpc) is 3.14. The van der Waals surface area contributed by atoms with E-state index in [1.165, 1.54) is 18.2 Å². The summed E-state index contributed by atoms with van der Waals surface area (Å²) in [4.78, 5) is 60.5. The molecule has 5 rings (SSSR count). The van der Waals surface area contributed by atoms with Gasteiger partial charge in [-0.05, 0) is 61.6 Å². The van der Waals surface area contributed by atoms with Crippen LogP contribution in [-0.2, 0) is 6.54 Å². The molecular weight excluding hydrogens is 458 g/mol. The molecule has 0 radical (unpaired) electrons. The highest BCUT2D eigenvalue weighted by Crippen LogP contribution is 2.26. The Kier molecular flexibility index (Phi) is 6.30. The normalized spacial score (nSPS) is 15.7. The zero-order valence-electron chi connectivity index (χ0n) is 19.8. The van der Waals surface area contributed by atoms with Gasteiger partial charge in [0, 0.05) is 49.2 Å². The number of carbonyl (C=O) groups excluding carboxylic acids is 4. The Morgan fingerprint density at radius 2 is 1.56 bits per heavy atom. The number of rotatable bonds is 5. The third-order valence-corrected chi connectivity index (χ3v) is 6.46. The van der Waals surface area contributed by atoms with E-state index >= 15 is 0 Å². The van der Waals surface area contributed by atoms with Gasteiger partial charge in [-0.3, -0.25) is 29.1 Å². The summed E-state index contributed by atoms with van der Waals surface area (Å²) in [7, 11) is 2.03. The monoisotopic (exact) mass is 483 g/mol. The zero-order valence-corrected chi connectivity index (χ0v) is 19.8. The van der Waals surface area contributed by atoms with Gasteiger partial charge in [-0.2, -0.15) is 0 Å². The molecule has 1 fully saturated rings. The van der Waals surface area contributed by atoms with E-state index in [1.54, 1.807) is 48.7 Å². The van der Waals surface area contributed by atoms with Gasteiger partial charge in [0.1, 0.15) is 0 Å². The van der Waals surface area contributed by atoms with E-state index in [9.17, 15) is 19.2 Å². The van der Waals surface area contributed by atoms with Gasteiger partial charge in [0.25, 0.3) is 23.6 Å². The van der Waals surface area contributed by atoms with Crippen molar-refractivity contribution in [3.05, 3.63) is 94.8 Å². The summed E-state index contributed by atoms with van der Waals surface area (Å²) in [5.74, 6) is -1.31. The third-order valence-electron chi connectivity index (χ3n) is 6.46. The quantitative estimate of drug-likeness (QED) is 0.560. The molecule has 0 spiro atoms. The molecule has 0 atom stereocenters. The van der Waals surface area contributed by atoms with E-state index in [2.05, 4.69) is 15.2 Å². The molecule has 0 aliphatic carbocycles. The predicted octanol–water partition coefficient (Wildman–Crippen LogP) is 2.52. The SMILES string of the molecule is CN1CCN(C(=O)c2ccc(NC(=O)c3ccc4c(c3)C(=O)N(Cc3ccccn3)C4=O)cc2)CC1. The summed E-state index contributed by atoms with van der Waals surface area (Å²) in [6, 6.07) is 16.5. The second kappa shape index (κ2) is 9.71. The lowest BCUT2D eigenvalue weighted by atomic mass is 10.1. The molecule has 36 heavy (non-hydrogen) atoms. The standard InChI is InChI=1S/C27H25N5O4/c1-30-12-14-31(15-13-30)25(34)18-5-8-20(9-6-18)29-24(33)19-7-10-22-23(16-19)27(36)32(26(22)35)17-21-4-2-3-11-28-21/h2-11,16H,12-15,17H2,1H3,(H,29,33). The van der Waals surface area contributed by atoms with Gasteiger partial charge in [-0.15, -0.1) is 0 Å². The largest absolute Gasteiger partial charge is 0.336 e. The summed E-state index contributed by atoms with van der Waals surface area (Å²) in [5.41, 5.74) is 2.39. The van der Waals surface area contributed by atoms with Gasteiger partial charge in [0.2, 0.25) is 0 Å². The molecule has 3 aromatic rings. The van der Waals surface area contributed by atoms with Crippen molar-refractivity contribution in [2.24, 2.45) is 0 Å². The summed E-state index contributed by atoms with van der Waals surface area (Å²) in [5, 5.41) is 2.79. The first kappa shape index (κ1) is 23.4. The lowest BCUT2D eigenvalue weighted by Crippen LogP contribution is -2.47. The van der Waals surface area contributed by atoms with Gasteiger partial charge < -0.3 is 15.1 Å². The minimum Gasteiger partial charge on any atom is -0.336 e. The molecule has 2 aliphatic heterocycles. The van der Waals surface area contributed by atoms with Crippen LogP contribution < -0.4 is 5.32 Å². The molecule has 0 bridgehead atoms. The number of pyridine rings is 1. The first-order valence-corrected chi connectivity index (χ1v) is 11.7. The fourth-order valence-electron chi connectivity index (χ4n) is 4.32. The number of hydrogen-bond donors (Lipinski definition) is 1. The van der Waals surface area contributed by atoms with Crippen molar-refractivity contribution in [2.45, 2.75) is 6.54 Å². The molecule has 2 aliphatic rings. The molecular formula is C27H25N5O4. The Morgan fingerprint density at radius 1 is 0.861 bits per heavy atom. The van der Waals surface area contributed by atoms with Gasteiger partial charge in [-0.25, -0.2) is 0 Å². The van der Waals surface area contributed by atoms with E-state index in [4.69, 9.17) is 0 Å². The van der Waals surface area contributed by atoms with Crippen LogP contribution >= 0.6 is 0 Å². The summed E-state index contributed by atoms with van der Waals surface area (Å²) >= 11 is 0. The maximum atomic E-state index is 12.9. The molecule has 182 valence electrons. The second-order valence-corrected chi connectivity index (χ2v) is 8.90. The number of anilines is 1. The summed E-state index contributed by atoms with van der Waals surface area (Å²) in [6.45, 7) is 3.12. The minimum absolute atomic E-state index is 0.0296. The fraction of sp³-hybridized carbons (Fsp3) is 0.222. The van der Waals surface area contributed by atoms with Crippen molar-refractivity contribution < 1.29 is 19.2 Å². The topological polar surface area (TPSA) is 103 Å². The van der Waals surface area contributed by atoms with E-state index in [1.807, 2.05) is 11.9 Å². The fourth-order valence-corrected chi connectivity index (χ4v) is 4.32. The van der Waals surface area contributed by atoms with Crippen molar-refractivity contribution >= 4 is 29.3 Å². The number of fused-ring (bicyclic) bond motifs is 1. The smallest absolute Gasteiger partial charge is 0.261 e. The number of likely N-dealkylation sites (N-methyl/N-ethyl adjacent to an activating group) is 1.